The van der Waals surface area contributed by atoms with Gasteiger partial charge in [0.2, 0.25) is 5.39 Å². The average molecular weight is 320 g/mol. The maximum Gasteiger partial charge on any atom is 0.403 e. The topological polar surface area (TPSA) is 65.5 Å². The van der Waals surface area contributed by atoms with E-state index >= 15 is 0 Å². The Labute approximate surface area is 128 Å². The lowest BCUT2D eigenvalue weighted by molar-refractivity contribution is 0.595. The van der Waals surface area contributed by atoms with Crippen molar-refractivity contribution >= 4 is 21.2 Å². The van der Waals surface area contributed by atoms with Crippen molar-refractivity contribution in [1.29, 1.82) is 5.39 Å². The molecule has 0 unspecified atom stereocenters. The van der Waals surface area contributed by atoms with Gasteiger partial charge in [0.25, 0.3) is 0 Å². The van der Waals surface area contributed by atoms with Crippen molar-refractivity contribution in [3.8, 4) is 0 Å². The molecular weight excluding hydrogens is 305 g/mol. The smallest absolute Gasteiger partial charge is 0.378 e. The zero-order valence-corrected chi connectivity index (χ0v) is 13.0. The van der Waals surface area contributed by atoms with Crippen LogP contribution < -0.4 is 4.90 Å². The Morgan fingerprint density at radius 1 is 1.14 bits per heavy atom. The third kappa shape index (κ3) is 3.40. The molecule has 5 nitrogen and oxygen atoms in total. The first-order chi connectivity index (χ1) is 10.3. The monoisotopic (exact) mass is 320 g/mol. The fourth-order valence-electron chi connectivity index (χ4n) is 1.99. The van der Waals surface area contributed by atoms with Gasteiger partial charge >= 0.3 is 5.69 Å². The van der Waals surface area contributed by atoms with Crippen LogP contribution >= 0.6 is 0 Å². The average Bonchev–Trinajstić information content (AvgIpc) is 2.48. The van der Waals surface area contributed by atoms with Gasteiger partial charge in [-0.25, -0.2) is 12.8 Å². The maximum absolute atomic E-state index is 12.9. The summed E-state index contributed by atoms with van der Waals surface area (Å²) in [5.41, 5.74) is 1.11. The molecule has 0 saturated carbocycles. The van der Waals surface area contributed by atoms with Gasteiger partial charge in [-0.2, -0.15) is 0 Å². The van der Waals surface area contributed by atoms with Crippen LogP contribution in [0.3, 0.4) is 0 Å². The summed E-state index contributed by atoms with van der Waals surface area (Å²) in [5, 5.41) is 9.01. The molecule has 0 saturated heterocycles. The Bertz CT molecular complexity index is 825. The molecule has 0 radical (unpaired) electrons. The lowest BCUT2D eigenvalue weighted by atomic mass is 10.2. The van der Waals surface area contributed by atoms with E-state index in [0.29, 0.717) is 11.3 Å². The molecule has 0 atom stereocenters. The van der Waals surface area contributed by atoms with E-state index in [9.17, 15) is 12.8 Å². The molecule has 7 heteroatoms. The molecule has 2 aromatic carbocycles. The van der Waals surface area contributed by atoms with Crippen molar-refractivity contribution in [3.05, 3.63) is 58.8 Å². The van der Waals surface area contributed by atoms with Gasteiger partial charge in [-0.1, -0.05) is 12.1 Å². The minimum atomic E-state index is -3.73. The molecule has 114 valence electrons. The van der Waals surface area contributed by atoms with Gasteiger partial charge in [-0.3, -0.25) is 0 Å². The Morgan fingerprint density at radius 2 is 1.77 bits per heavy atom. The Morgan fingerprint density at radius 3 is 2.32 bits per heavy atom. The third-order valence-corrected chi connectivity index (χ3v) is 4.88. The highest BCUT2D eigenvalue weighted by atomic mass is 32.2. The summed E-state index contributed by atoms with van der Waals surface area (Å²) in [4.78, 5) is 4.72. The number of diazo groups is 1. The van der Waals surface area contributed by atoms with Crippen LogP contribution in [0.4, 0.5) is 15.8 Å². The number of anilines is 1. The molecule has 0 aliphatic rings. The van der Waals surface area contributed by atoms with Crippen LogP contribution in [0.25, 0.3) is 4.98 Å². The van der Waals surface area contributed by atoms with Gasteiger partial charge in [0.05, 0.1) is 5.75 Å². The number of halogens is 1. The second kappa shape index (κ2) is 6.12. The molecule has 0 spiro atoms. The fraction of sp³-hybridized carbons (Fsp3) is 0.200. The highest BCUT2D eigenvalue weighted by Gasteiger charge is 2.27. The summed E-state index contributed by atoms with van der Waals surface area (Å²) in [6.45, 7) is 0. The molecule has 22 heavy (non-hydrogen) atoms. The first-order valence-electron chi connectivity index (χ1n) is 6.47. The first kappa shape index (κ1) is 15.9. The summed E-state index contributed by atoms with van der Waals surface area (Å²) in [6.07, 6.45) is 0. The second-order valence-corrected chi connectivity index (χ2v) is 6.99. The molecule has 0 aromatic heterocycles. The van der Waals surface area contributed by atoms with E-state index in [-0.39, 0.29) is 16.3 Å². The Balaban J connectivity index is 2.46. The van der Waals surface area contributed by atoms with Crippen LogP contribution in [-0.2, 0) is 15.6 Å². The maximum atomic E-state index is 12.9. The largest absolute Gasteiger partial charge is 0.403 e. The highest BCUT2D eigenvalue weighted by Crippen LogP contribution is 2.31. The van der Waals surface area contributed by atoms with Crippen LogP contribution in [0.2, 0.25) is 0 Å². The highest BCUT2D eigenvalue weighted by molar-refractivity contribution is 7.90. The van der Waals surface area contributed by atoms with E-state index in [0.717, 1.165) is 0 Å². The number of hydrogen-bond donors (Lipinski definition) is 0. The minimum absolute atomic E-state index is 0.0206. The van der Waals surface area contributed by atoms with E-state index < -0.39 is 15.7 Å². The van der Waals surface area contributed by atoms with Crippen molar-refractivity contribution in [2.75, 3.05) is 19.0 Å². The normalized spacial score (nSPS) is 11.0. The molecule has 0 N–H and O–H groups in total. The zero-order valence-electron chi connectivity index (χ0n) is 12.2. The van der Waals surface area contributed by atoms with E-state index in [1.165, 1.54) is 36.4 Å². The molecule has 0 amide bonds. The summed E-state index contributed by atoms with van der Waals surface area (Å²) < 4.78 is 38.0. The first-order valence-corrected chi connectivity index (χ1v) is 8.12. The Kier molecular flexibility index (Phi) is 4.43. The van der Waals surface area contributed by atoms with E-state index in [4.69, 9.17) is 5.39 Å². The summed E-state index contributed by atoms with van der Waals surface area (Å²) in [7, 11) is -0.169. The zero-order chi connectivity index (χ0) is 16.3. The predicted octanol–water partition coefficient (Wildman–Crippen LogP) is 3.35. The number of rotatable bonds is 4. The summed E-state index contributed by atoms with van der Waals surface area (Å²) in [5.74, 6) is -0.728. The van der Waals surface area contributed by atoms with Crippen molar-refractivity contribution < 1.29 is 12.8 Å². The van der Waals surface area contributed by atoms with Gasteiger partial charge in [0.1, 0.15) is 5.82 Å². The molecule has 2 rings (SSSR count). The van der Waals surface area contributed by atoms with Crippen molar-refractivity contribution in [1.82, 2.24) is 0 Å². The minimum Gasteiger partial charge on any atom is -0.378 e. The summed E-state index contributed by atoms with van der Waals surface area (Å²) >= 11 is 0. The van der Waals surface area contributed by atoms with Gasteiger partial charge in [-0.05, 0) is 29.8 Å². The standard InChI is InChI=1S/C15H15FN3O2S/c1-19(2)13-7-8-14(18-17)15(9-13)22(20,21)10-11-3-5-12(16)6-4-11/h3-9H,10H2,1-2H3/q+1. The van der Waals surface area contributed by atoms with Crippen LogP contribution in [-0.4, -0.2) is 22.5 Å². The molecule has 0 aliphatic heterocycles. The SMILES string of the molecule is CN(C)c1ccc([N+]#N)c(S(=O)(=O)Cc2ccc(F)cc2)c1. The third-order valence-electron chi connectivity index (χ3n) is 3.17. The second-order valence-electron chi connectivity index (χ2n) is 5.03. The van der Waals surface area contributed by atoms with E-state index in [1.807, 2.05) is 0 Å². The lowest BCUT2D eigenvalue weighted by Crippen LogP contribution is -2.11. The van der Waals surface area contributed by atoms with Gasteiger partial charge in [0.15, 0.2) is 19.7 Å². The number of nitrogens with zero attached hydrogens (tertiary/aromatic N) is 3. The van der Waals surface area contributed by atoms with Crippen LogP contribution in [0.1, 0.15) is 5.56 Å². The molecule has 2 aromatic rings. The van der Waals surface area contributed by atoms with E-state index in [2.05, 4.69) is 4.98 Å². The molecule has 0 fully saturated rings. The molecular formula is C15H15FN3O2S+. The van der Waals surface area contributed by atoms with Crippen molar-refractivity contribution in [2.45, 2.75) is 10.6 Å². The van der Waals surface area contributed by atoms with Crippen LogP contribution in [0, 0.1) is 11.2 Å². The van der Waals surface area contributed by atoms with E-state index in [1.54, 1.807) is 25.1 Å². The van der Waals surface area contributed by atoms with Gasteiger partial charge in [-0.15, -0.1) is 0 Å². The molecule has 0 bridgehead atoms. The van der Waals surface area contributed by atoms with Crippen LogP contribution in [0.15, 0.2) is 47.4 Å². The quantitative estimate of drug-likeness (QED) is 0.810. The van der Waals surface area contributed by atoms with Crippen molar-refractivity contribution in [3.63, 3.8) is 0 Å². The molecule has 0 aliphatic carbocycles. The predicted molar refractivity (Wildman–Crippen MR) is 82.8 cm³/mol. The lowest BCUT2D eigenvalue weighted by Gasteiger charge is -2.12. The van der Waals surface area contributed by atoms with Gasteiger partial charge < -0.3 is 4.90 Å². The fourth-order valence-corrected chi connectivity index (χ4v) is 3.51. The van der Waals surface area contributed by atoms with Gasteiger partial charge in [0, 0.05) is 25.8 Å². The number of sulfone groups is 1. The van der Waals surface area contributed by atoms with Crippen molar-refractivity contribution in [2.24, 2.45) is 0 Å². The summed E-state index contributed by atoms with van der Waals surface area (Å²) in [6, 6.07) is 9.79. The van der Waals surface area contributed by atoms with Crippen LogP contribution in [0.5, 0.6) is 0 Å². The molecule has 0 heterocycles. The Hall–Kier alpha value is -2.46. The number of hydrogen-bond acceptors (Lipinski definition) is 4. The number of benzene rings is 2.